The van der Waals surface area contributed by atoms with Gasteiger partial charge in [-0.2, -0.15) is 5.10 Å². The number of nitrogens with zero attached hydrogens (tertiary/aromatic N) is 3. The lowest BCUT2D eigenvalue weighted by Gasteiger charge is -2.12. The van der Waals surface area contributed by atoms with Crippen molar-refractivity contribution in [1.29, 1.82) is 0 Å². The first-order valence-electron chi connectivity index (χ1n) is 9.82. The van der Waals surface area contributed by atoms with Crippen molar-refractivity contribution in [2.75, 3.05) is 10.6 Å². The number of phenols is 1. The van der Waals surface area contributed by atoms with E-state index >= 15 is 0 Å². The largest absolute Gasteiger partial charge is 0.508 e. The summed E-state index contributed by atoms with van der Waals surface area (Å²) >= 11 is 1.27. The Balaban J connectivity index is 1.47. The van der Waals surface area contributed by atoms with Crippen molar-refractivity contribution in [3.05, 3.63) is 46.1 Å². The zero-order valence-corrected chi connectivity index (χ0v) is 17.6. The van der Waals surface area contributed by atoms with Crippen LogP contribution in [0.1, 0.15) is 58.2 Å². The molecule has 152 valence electrons. The first-order chi connectivity index (χ1) is 13.9. The number of anilines is 3. The maximum absolute atomic E-state index is 12.7. The van der Waals surface area contributed by atoms with Gasteiger partial charge in [-0.25, -0.2) is 4.98 Å². The number of hydrogen-bond donors (Lipinski definition) is 3. The molecular weight excluding hydrogens is 386 g/mol. The number of benzene rings is 1. The van der Waals surface area contributed by atoms with Crippen LogP contribution in [0.3, 0.4) is 0 Å². The Morgan fingerprint density at radius 3 is 2.76 bits per heavy atom. The summed E-state index contributed by atoms with van der Waals surface area (Å²) in [7, 11) is 0. The SMILES string of the molecule is Cc1ccc(O)c(C)c1NC(=O)c1cnc(Nc2cc(C)n(C3CCCC3)n2)s1. The molecule has 3 aromatic rings. The number of carbonyl (C=O) groups excluding carboxylic acids is 1. The van der Waals surface area contributed by atoms with Gasteiger partial charge in [0, 0.05) is 17.3 Å². The lowest BCUT2D eigenvalue weighted by molar-refractivity contribution is 0.103. The van der Waals surface area contributed by atoms with Crippen LogP contribution in [-0.4, -0.2) is 25.8 Å². The Hall–Kier alpha value is -2.87. The van der Waals surface area contributed by atoms with Gasteiger partial charge in [0.1, 0.15) is 10.6 Å². The zero-order valence-electron chi connectivity index (χ0n) is 16.8. The Kier molecular flexibility index (Phi) is 5.27. The topological polar surface area (TPSA) is 92.1 Å². The van der Waals surface area contributed by atoms with E-state index < -0.39 is 0 Å². The van der Waals surface area contributed by atoms with Crippen LogP contribution in [0.5, 0.6) is 5.75 Å². The first-order valence-corrected chi connectivity index (χ1v) is 10.6. The van der Waals surface area contributed by atoms with Crippen molar-refractivity contribution in [3.8, 4) is 5.75 Å². The predicted molar refractivity (Wildman–Crippen MR) is 115 cm³/mol. The van der Waals surface area contributed by atoms with Gasteiger partial charge in [-0.15, -0.1) is 0 Å². The van der Waals surface area contributed by atoms with Crippen LogP contribution >= 0.6 is 11.3 Å². The van der Waals surface area contributed by atoms with Crippen LogP contribution in [-0.2, 0) is 0 Å². The number of hydrogen-bond acceptors (Lipinski definition) is 6. The van der Waals surface area contributed by atoms with Crippen LogP contribution in [0.2, 0.25) is 0 Å². The van der Waals surface area contributed by atoms with Crippen molar-refractivity contribution < 1.29 is 9.90 Å². The fourth-order valence-electron chi connectivity index (χ4n) is 3.82. The van der Waals surface area contributed by atoms with Gasteiger partial charge in [0.2, 0.25) is 0 Å². The van der Waals surface area contributed by atoms with E-state index in [9.17, 15) is 9.90 Å². The molecule has 0 aliphatic heterocycles. The molecule has 1 fully saturated rings. The van der Waals surface area contributed by atoms with Crippen LogP contribution < -0.4 is 10.6 Å². The lowest BCUT2D eigenvalue weighted by atomic mass is 10.1. The minimum atomic E-state index is -0.250. The van der Waals surface area contributed by atoms with Crippen LogP contribution in [0.4, 0.5) is 16.6 Å². The third-order valence-corrected chi connectivity index (χ3v) is 6.35. The molecule has 2 aromatic heterocycles. The molecular formula is C21H25N5O2S. The van der Waals surface area contributed by atoms with E-state index in [4.69, 9.17) is 0 Å². The molecule has 7 nitrogen and oxygen atoms in total. The number of amides is 1. The molecule has 4 rings (SSSR count). The van der Waals surface area contributed by atoms with Gasteiger partial charge in [0.25, 0.3) is 5.91 Å². The second-order valence-corrected chi connectivity index (χ2v) is 8.59. The standard InChI is InChI=1S/C21H25N5O2S/c1-12-8-9-16(27)14(3)19(12)24-20(28)17-11-22-21(29-17)23-18-10-13(2)26(25-18)15-6-4-5-7-15/h8-11,15,27H,4-7H2,1-3H3,(H,24,28)(H,22,23,25). The maximum Gasteiger partial charge on any atom is 0.267 e. The summed E-state index contributed by atoms with van der Waals surface area (Å²) in [6.45, 7) is 5.74. The average Bonchev–Trinajstić information content (AvgIpc) is 3.43. The third-order valence-electron chi connectivity index (χ3n) is 5.44. The van der Waals surface area contributed by atoms with Crippen molar-refractivity contribution >= 4 is 33.9 Å². The third kappa shape index (κ3) is 3.98. The van der Waals surface area contributed by atoms with Gasteiger partial charge in [-0.3, -0.25) is 9.48 Å². The fourth-order valence-corrected chi connectivity index (χ4v) is 4.54. The summed E-state index contributed by atoms with van der Waals surface area (Å²) in [6, 6.07) is 5.90. The average molecular weight is 412 g/mol. The number of nitrogens with one attached hydrogen (secondary N) is 2. The van der Waals surface area contributed by atoms with E-state index in [1.54, 1.807) is 25.3 Å². The molecule has 0 saturated heterocycles. The Morgan fingerprint density at radius 2 is 2.00 bits per heavy atom. The Labute approximate surface area is 173 Å². The molecule has 29 heavy (non-hydrogen) atoms. The molecule has 0 radical (unpaired) electrons. The molecule has 1 saturated carbocycles. The van der Waals surface area contributed by atoms with Crippen molar-refractivity contribution in [2.45, 2.75) is 52.5 Å². The predicted octanol–water partition coefficient (Wildman–Crippen LogP) is 5.08. The second kappa shape index (κ2) is 7.87. The number of phenolic OH excluding ortho intramolecular Hbond substituents is 1. The summed E-state index contributed by atoms with van der Waals surface area (Å²) in [6.07, 6.45) is 6.43. The number of aryl methyl sites for hydroxylation is 2. The summed E-state index contributed by atoms with van der Waals surface area (Å²) < 4.78 is 2.10. The van der Waals surface area contributed by atoms with Gasteiger partial charge in [-0.05, 0) is 45.2 Å². The quantitative estimate of drug-likeness (QED) is 0.544. The van der Waals surface area contributed by atoms with E-state index in [2.05, 4.69) is 32.3 Å². The molecule has 0 atom stereocenters. The van der Waals surface area contributed by atoms with Gasteiger partial charge < -0.3 is 15.7 Å². The molecule has 8 heteroatoms. The number of carbonyl (C=O) groups is 1. The highest BCUT2D eigenvalue weighted by Crippen LogP contribution is 2.32. The first kappa shape index (κ1) is 19.4. The van der Waals surface area contributed by atoms with Gasteiger partial charge >= 0.3 is 0 Å². The van der Waals surface area contributed by atoms with E-state index in [1.165, 1.54) is 37.0 Å². The number of aromatic nitrogens is 3. The van der Waals surface area contributed by atoms with E-state index in [0.717, 1.165) is 17.1 Å². The number of rotatable bonds is 5. The fraction of sp³-hybridized carbons (Fsp3) is 0.381. The van der Waals surface area contributed by atoms with Crippen molar-refractivity contribution in [3.63, 3.8) is 0 Å². The second-order valence-electron chi connectivity index (χ2n) is 7.56. The molecule has 1 aliphatic carbocycles. The van der Waals surface area contributed by atoms with E-state index in [-0.39, 0.29) is 11.7 Å². The number of aromatic hydroxyl groups is 1. The summed E-state index contributed by atoms with van der Waals surface area (Å²) in [4.78, 5) is 17.5. The van der Waals surface area contributed by atoms with Gasteiger partial charge in [0.05, 0.1) is 17.9 Å². The summed E-state index contributed by atoms with van der Waals surface area (Å²) in [5.74, 6) is 0.654. The molecule has 2 heterocycles. The van der Waals surface area contributed by atoms with Crippen LogP contribution in [0, 0.1) is 20.8 Å². The zero-order chi connectivity index (χ0) is 20.5. The molecule has 0 bridgehead atoms. The monoisotopic (exact) mass is 411 g/mol. The molecule has 1 amide bonds. The Morgan fingerprint density at radius 1 is 1.24 bits per heavy atom. The Bertz CT molecular complexity index is 1050. The highest BCUT2D eigenvalue weighted by Gasteiger charge is 2.20. The lowest BCUT2D eigenvalue weighted by Crippen LogP contribution is -2.12. The molecule has 1 aromatic carbocycles. The summed E-state index contributed by atoms with van der Waals surface area (Å²) in [5.41, 5.74) is 3.30. The molecule has 1 aliphatic rings. The highest BCUT2D eigenvalue weighted by atomic mass is 32.1. The minimum absolute atomic E-state index is 0.158. The van der Waals surface area contributed by atoms with Crippen molar-refractivity contribution in [2.24, 2.45) is 0 Å². The van der Waals surface area contributed by atoms with Crippen molar-refractivity contribution in [1.82, 2.24) is 14.8 Å². The normalized spacial score (nSPS) is 14.3. The maximum atomic E-state index is 12.7. The highest BCUT2D eigenvalue weighted by molar-refractivity contribution is 7.17. The van der Waals surface area contributed by atoms with E-state index in [0.29, 0.717) is 27.3 Å². The van der Waals surface area contributed by atoms with Gasteiger partial charge in [-0.1, -0.05) is 30.2 Å². The molecule has 0 spiro atoms. The smallest absolute Gasteiger partial charge is 0.267 e. The molecule has 0 unspecified atom stereocenters. The van der Waals surface area contributed by atoms with E-state index in [1.807, 2.05) is 13.0 Å². The minimum Gasteiger partial charge on any atom is -0.508 e. The van der Waals surface area contributed by atoms with Crippen LogP contribution in [0.25, 0.3) is 0 Å². The number of thiazole rings is 1. The summed E-state index contributed by atoms with van der Waals surface area (Å²) in [5, 5.41) is 21.3. The van der Waals surface area contributed by atoms with Crippen LogP contribution in [0.15, 0.2) is 24.4 Å². The van der Waals surface area contributed by atoms with Gasteiger partial charge in [0.15, 0.2) is 10.9 Å². The molecule has 3 N–H and O–H groups in total.